The molecule has 156 valence electrons. The van der Waals surface area contributed by atoms with Crippen molar-refractivity contribution in [2.45, 2.75) is 13.1 Å². The number of benzene rings is 2. The Hall–Kier alpha value is -3.81. The average Bonchev–Trinajstić information content (AvgIpc) is 2.79. The molecule has 3 aromatic rings. The third-order valence-electron chi connectivity index (χ3n) is 4.58. The zero-order valence-electron chi connectivity index (χ0n) is 17.0. The monoisotopic (exact) mass is 409 g/mol. The largest absolute Gasteiger partial charge is 0.497 e. The van der Waals surface area contributed by atoms with Crippen molar-refractivity contribution in [2.75, 3.05) is 26.6 Å². The molecule has 0 aliphatic heterocycles. The van der Waals surface area contributed by atoms with E-state index in [4.69, 9.17) is 14.2 Å². The van der Waals surface area contributed by atoms with E-state index in [1.807, 2.05) is 36.4 Å². The normalized spacial score (nSPS) is 10.4. The second-order valence-electron chi connectivity index (χ2n) is 6.36. The second kappa shape index (κ2) is 9.60. The highest BCUT2D eigenvalue weighted by atomic mass is 16.5. The molecule has 1 N–H and O–H groups in total. The maximum absolute atomic E-state index is 13.1. The molecule has 1 heterocycles. The van der Waals surface area contributed by atoms with Crippen LogP contribution < -0.4 is 20.3 Å². The molecule has 0 fully saturated rings. The summed E-state index contributed by atoms with van der Waals surface area (Å²) in [4.78, 5) is 29.3. The van der Waals surface area contributed by atoms with Crippen LogP contribution in [0.25, 0.3) is 11.3 Å². The van der Waals surface area contributed by atoms with Crippen molar-refractivity contribution >= 4 is 11.8 Å². The van der Waals surface area contributed by atoms with Crippen molar-refractivity contribution < 1.29 is 19.0 Å². The molecular formula is C22H23N3O5. The number of ether oxygens (including phenoxy) is 3. The molecule has 0 bridgehead atoms. The number of hydrogen-bond donors (Lipinski definition) is 1. The Bertz CT molecular complexity index is 1080. The summed E-state index contributed by atoms with van der Waals surface area (Å²) in [5.74, 6) is 0.888. The number of rotatable bonds is 8. The minimum Gasteiger partial charge on any atom is -0.497 e. The van der Waals surface area contributed by atoms with E-state index >= 15 is 0 Å². The third kappa shape index (κ3) is 4.60. The molecule has 0 aliphatic rings. The topological polar surface area (TPSA) is 91.7 Å². The number of nitrogens with one attached hydrogen (secondary N) is 1. The van der Waals surface area contributed by atoms with Gasteiger partial charge in [-0.25, -0.2) is 4.98 Å². The van der Waals surface area contributed by atoms with Crippen molar-refractivity contribution in [1.29, 1.82) is 0 Å². The van der Waals surface area contributed by atoms with Crippen LogP contribution in [0.2, 0.25) is 0 Å². The van der Waals surface area contributed by atoms with Gasteiger partial charge in [0.05, 0.1) is 33.2 Å². The van der Waals surface area contributed by atoms with Crippen LogP contribution in [0, 0.1) is 0 Å². The van der Waals surface area contributed by atoms with Crippen molar-refractivity contribution in [3.8, 4) is 22.8 Å². The van der Waals surface area contributed by atoms with Gasteiger partial charge in [0, 0.05) is 18.2 Å². The van der Waals surface area contributed by atoms with E-state index in [2.05, 4.69) is 10.3 Å². The molecule has 0 radical (unpaired) electrons. The number of carbonyl (C=O) groups is 1. The summed E-state index contributed by atoms with van der Waals surface area (Å²) in [5.41, 5.74) is 1.70. The number of aromatic nitrogens is 2. The van der Waals surface area contributed by atoms with Crippen LogP contribution >= 0.6 is 0 Å². The molecule has 0 saturated carbocycles. The number of esters is 1. The molecule has 0 atom stereocenters. The molecule has 0 aliphatic carbocycles. The van der Waals surface area contributed by atoms with Crippen LogP contribution in [0.5, 0.6) is 11.5 Å². The van der Waals surface area contributed by atoms with Gasteiger partial charge in [0.1, 0.15) is 18.0 Å². The fourth-order valence-corrected chi connectivity index (χ4v) is 2.98. The van der Waals surface area contributed by atoms with Crippen LogP contribution in [-0.2, 0) is 22.6 Å². The first-order valence-electron chi connectivity index (χ1n) is 9.24. The summed E-state index contributed by atoms with van der Waals surface area (Å²) >= 11 is 0. The van der Waals surface area contributed by atoms with E-state index in [9.17, 15) is 9.59 Å². The molecule has 0 unspecified atom stereocenters. The van der Waals surface area contributed by atoms with Crippen LogP contribution in [0.15, 0.2) is 59.5 Å². The third-order valence-corrected chi connectivity index (χ3v) is 4.58. The Morgan fingerprint density at radius 3 is 2.50 bits per heavy atom. The zero-order chi connectivity index (χ0) is 21.5. The van der Waals surface area contributed by atoms with Gasteiger partial charge < -0.3 is 19.5 Å². The maximum atomic E-state index is 13.1. The number of carbonyl (C=O) groups excluding carboxylic acids is 1. The summed E-state index contributed by atoms with van der Waals surface area (Å²) in [5, 5.41) is 3.03. The Labute approximate surface area is 174 Å². The van der Waals surface area contributed by atoms with E-state index in [-0.39, 0.29) is 12.4 Å². The molecule has 0 amide bonds. The predicted molar refractivity (Wildman–Crippen MR) is 113 cm³/mol. The number of hydrogen-bond acceptors (Lipinski definition) is 7. The predicted octanol–water partition coefficient (Wildman–Crippen LogP) is 2.71. The average molecular weight is 409 g/mol. The number of methoxy groups -OCH3 is 3. The first-order valence-corrected chi connectivity index (χ1v) is 9.24. The highest BCUT2D eigenvalue weighted by molar-refractivity contribution is 5.71. The Morgan fingerprint density at radius 2 is 1.83 bits per heavy atom. The van der Waals surface area contributed by atoms with Crippen molar-refractivity contribution in [2.24, 2.45) is 0 Å². The highest BCUT2D eigenvalue weighted by Crippen LogP contribution is 2.25. The SMILES string of the molecule is COC(=O)Cn1c(-c2ccccc2)cnc(NCc2ccc(OC)cc2OC)c1=O. The summed E-state index contributed by atoms with van der Waals surface area (Å²) in [6, 6.07) is 14.7. The molecular weight excluding hydrogens is 386 g/mol. The second-order valence-corrected chi connectivity index (χ2v) is 6.36. The Morgan fingerprint density at radius 1 is 1.07 bits per heavy atom. The minimum atomic E-state index is -0.525. The minimum absolute atomic E-state index is 0.122. The lowest BCUT2D eigenvalue weighted by Crippen LogP contribution is -2.29. The Kier molecular flexibility index (Phi) is 6.69. The van der Waals surface area contributed by atoms with Gasteiger partial charge in [0.15, 0.2) is 5.82 Å². The molecule has 30 heavy (non-hydrogen) atoms. The summed E-state index contributed by atoms with van der Waals surface area (Å²) < 4.78 is 16.7. The van der Waals surface area contributed by atoms with Gasteiger partial charge in [-0.2, -0.15) is 0 Å². The van der Waals surface area contributed by atoms with E-state index < -0.39 is 11.5 Å². The fraction of sp³-hybridized carbons (Fsp3) is 0.227. The van der Waals surface area contributed by atoms with Gasteiger partial charge in [-0.3, -0.25) is 14.2 Å². The first kappa shape index (κ1) is 20.9. The van der Waals surface area contributed by atoms with E-state index in [1.165, 1.54) is 11.7 Å². The first-order chi connectivity index (χ1) is 14.6. The van der Waals surface area contributed by atoms with Gasteiger partial charge in [-0.05, 0) is 17.7 Å². The fourth-order valence-electron chi connectivity index (χ4n) is 2.98. The van der Waals surface area contributed by atoms with Gasteiger partial charge in [0.25, 0.3) is 5.56 Å². The smallest absolute Gasteiger partial charge is 0.325 e. The lowest BCUT2D eigenvalue weighted by Gasteiger charge is -2.15. The van der Waals surface area contributed by atoms with E-state index in [0.717, 1.165) is 11.1 Å². The lowest BCUT2D eigenvalue weighted by molar-refractivity contribution is -0.141. The molecule has 8 nitrogen and oxygen atoms in total. The van der Waals surface area contributed by atoms with Gasteiger partial charge in [-0.1, -0.05) is 30.3 Å². The zero-order valence-corrected chi connectivity index (χ0v) is 17.0. The molecule has 1 aromatic heterocycles. The quantitative estimate of drug-likeness (QED) is 0.572. The van der Waals surface area contributed by atoms with Crippen LogP contribution in [0.1, 0.15) is 5.56 Å². The van der Waals surface area contributed by atoms with E-state index in [0.29, 0.717) is 23.7 Å². The summed E-state index contributed by atoms with van der Waals surface area (Å²) in [6.07, 6.45) is 1.56. The van der Waals surface area contributed by atoms with Crippen molar-refractivity contribution in [1.82, 2.24) is 9.55 Å². The molecule has 0 saturated heterocycles. The summed E-state index contributed by atoms with van der Waals surface area (Å²) in [6.45, 7) is 0.0843. The van der Waals surface area contributed by atoms with Crippen molar-refractivity contribution in [3.05, 3.63) is 70.6 Å². The van der Waals surface area contributed by atoms with Gasteiger partial charge >= 0.3 is 5.97 Å². The molecule has 8 heteroatoms. The van der Waals surface area contributed by atoms with Crippen LogP contribution in [0.3, 0.4) is 0 Å². The van der Waals surface area contributed by atoms with Crippen LogP contribution in [-0.4, -0.2) is 36.8 Å². The molecule has 0 spiro atoms. The number of nitrogens with zero attached hydrogens (tertiary/aromatic N) is 2. The highest BCUT2D eigenvalue weighted by Gasteiger charge is 2.15. The van der Waals surface area contributed by atoms with Gasteiger partial charge in [0.2, 0.25) is 0 Å². The standard InChI is InChI=1S/C22H23N3O5/c1-28-17-10-9-16(19(11-17)29-2)12-23-21-22(27)25(14-20(26)30-3)18(13-24-21)15-7-5-4-6-8-15/h4-11,13H,12,14H2,1-3H3,(H,23,24). The number of anilines is 1. The van der Waals surface area contributed by atoms with Crippen molar-refractivity contribution in [3.63, 3.8) is 0 Å². The summed E-state index contributed by atoms with van der Waals surface area (Å²) in [7, 11) is 4.43. The lowest BCUT2D eigenvalue weighted by atomic mass is 10.1. The maximum Gasteiger partial charge on any atom is 0.325 e. The van der Waals surface area contributed by atoms with Crippen LogP contribution in [0.4, 0.5) is 5.82 Å². The molecule has 3 rings (SSSR count). The van der Waals surface area contributed by atoms with Gasteiger partial charge in [-0.15, -0.1) is 0 Å². The van der Waals surface area contributed by atoms with E-state index in [1.54, 1.807) is 32.5 Å². The molecule has 2 aromatic carbocycles. The Balaban J connectivity index is 1.94.